The van der Waals surface area contributed by atoms with Crippen LogP contribution in [0.5, 0.6) is 5.75 Å². The van der Waals surface area contributed by atoms with Crippen molar-refractivity contribution >= 4 is 0 Å². The van der Waals surface area contributed by atoms with Gasteiger partial charge in [0, 0.05) is 0 Å². The molecule has 1 heteroatoms. The molecule has 0 saturated heterocycles. The smallest absolute Gasteiger partial charge is 0.120 e. The molecule has 0 bridgehead atoms. The lowest BCUT2D eigenvalue weighted by Gasteiger charge is -2.25. The van der Waals surface area contributed by atoms with Crippen LogP contribution in [0.1, 0.15) is 54.9 Å². The molecule has 0 N–H and O–H groups in total. The second kappa shape index (κ2) is 8.19. The van der Waals surface area contributed by atoms with Gasteiger partial charge in [0.2, 0.25) is 0 Å². The highest BCUT2D eigenvalue weighted by atomic mass is 16.5. The Labute approximate surface area is 146 Å². The first-order chi connectivity index (χ1) is 11.8. The molecule has 2 aromatic rings. The zero-order chi connectivity index (χ0) is 16.8. The van der Waals surface area contributed by atoms with E-state index in [0.717, 1.165) is 18.6 Å². The van der Waals surface area contributed by atoms with Gasteiger partial charge in [-0.2, -0.15) is 0 Å². The van der Waals surface area contributed by atoms with Gasteiger partial charge in [0.15, 0.2) is 0 Å². The molecule has 0 spiro atoms. The van der Waals surface area contributed by atoms with E-state index in [-0.39, 0.29) is 0 Å². The molecule has 0 amide bonds. The van der Waals surface area contributed by atoms with Crippen molar-refractivity contribution in [3.8, 4) is 5.75 Å². The van der Waals surface area contributed by atoms with Crippen LogP contribution >= 0.6 is 0 Å². The van der Waals surface area contributed by atoms with Crippen molar-refractivity contribution in [2.75, 3.05) is 6.61 Å². The molecule has 1 aliphatic rings. The summed E-state index contributed by atoms with van der Waals surface area (Å²) >= 11 is 0. The third-order valence-corrected chi connectivity index (χ3v) is 4.98. The lowest BCUT2D eigenvalue weighted by atomic mass is 9.80. The van der Waals surface area contributed by atoms with Crippen molar-refractivity contribution in [2.24, 2.45) is 0 Å². The summed E-state index contributed by atoms with van der Waals surface area (Å²) < 4.78 is 5.77. The molecule has 1 aliphatic carbocycles. The first-order valence-corrected chi connectivity index (χ1v) is 9.24. The number of aryl methyl sites for hydroxylation is 2. The van der Waals surface area contributed by atoms with Crippen molar-refractivity contribution in [2.45, 2.75) is 51.9 Å². The molecule has 0 aromatic heterocycles. The largest absolute Gasteiger partial charge is 0.490 e. The second-order valence-electron chi connectivity index (χ2n) is 6.74. The predicted molar refractivity (Wildman–Crippen MR) is 102 cm³/mol. The van der Waals surface area contributed by atoms with Gasteiger partial charge >= 0.3 is 0 Å². The Morgan fingerprint density at radius 1 is 1.08 bits per heavy atom. The van der Waals surface area contributed by atoms with Gasteiger partial charge in [0.1, 0.15) is 12.4 Å². The number of allylic oxidation sites excluding steroid dienone is 1. The number of benzene rings is 2. The molecule has 126 valence electrons. The van der Waals surface area contributed by atoms with Crippen LogP contribution in [0.4, 0.5) is 0 Å². The summed E-state index contributed by atoms with van der Waals surface area (Å²) in [7, 11) is 0. The lowest BCUT2D eigenvalue weighted by Crippen LogP contribution is -2.13. The molecule has 0 heterocycles. The normalized spacial score (nSPS) is 17.0. The Morgan fingerprint density at radius 3 is 2.67 bits per heavy atom. The Morgan fingerprint density at radius 2 is 1.92 bits per heavy atom. The molecule has 1 atom stereocenters. The van der Waals surface area contributed by atoms with Crippen molar-refractivity contribution in [1.82, 2.24) is 0 Å². The van der Waals surface area contributed by atoms with Gasteiger partial charge in [-0.15, -0.1) is 0 Å². The molecule has 2 aromatic carbocycles. The molecule has 24 heavy (non-hydrogen) atoms. The van der Waals surface area contributed by atoms with E-state index in [1.54, 1.807) is 0 Å². The average Bonchev–Trinajstić information content (AvgIpc) is 2.62. The van der Waals surface area contributed by atoms with Crippen molar-refractivity contribution in [1.29, 1.82) is 0 Å². The van der Waals surface area contributed by atoms with Crippen molar-refractivity contribution in [3.05, 3.63) is 76.9 Å². The average molecular weight is 320 g/mol. The van der Waals surface area contributed by atoms with Crippen molar-refractivity contribution < 1.29 is 4.74 Å². The number of hydrogen-bond acceptors (Lipinski definition) is 1. The molecule has 0 fully saturated rings. The maximum atomic E-state index is 5.77. The van der Waals surface area contributed by atoms with E-state index in [2.05, 4.69) is 49.4 Å². The van der Waals surface area contributed by atoms with Crippen LogP contribution in [0.3, 0.4) is 0 Å². The summed E-state index contributed by atoms with van der Waals surface area (Å²) in [5.74, 6) is 1.65. The van der Waals surface area contributed by atoms with Crippen LogP contribution in [0.15, 0.2) is 54.6 Å². The minimum absolute atomic E-state index is 0.655. The van der Waals surface area contributed by atoms with Gasteiger partial charge in [-0.05, 0) is 72.9 Å². The minimum Gasteiger partial charge on any atom is -0.490 e. The van der Waals surface area contributed by atoms with Gasteiger partial charge in [-0.25, -0.2) is 0 Å². The Balaban J connectivity index is 1.67. The summed E-state index contributed by atoms with van der Waals surface area (Å²) in [5, 5.41) is 0. The Bertz CT molecular complexity index is 682. The number of hydrogen-bond donors (Lipinski definition) is 0. The predicted octanol–water partition coefficient (Wildman–Crippen LogP) is 5.87. The van der Waals surface area contributed by atoms with Gasteiger partial charge in [0.05, 0.1) is 0 Å². The van der Waals surface area contributed by atoms with E-state index >= 15 is 0 Å². The number of rotatable bonds is 6. The van der Waals surface area contributed by atoms with E-state index in [9.17, 15) is 0 Å². The Kier molecular flexibility index (Phi) is 5.74. The van der Waals surface area contributed by atoms with Crippen LogP contribution in [0.25, 0.3) is 0 Å². The standard InChI is InChI=1S/C23H28O/c1-3-5-15-24-23-14-13-21-16-20(11-12-22(21)17-23)19-9-7-18(6-4-2)8-10-19/h3,5,7-10,13-14,17,20H,4,6,11-12,15-16H2,1-2H3. The van der Waals surface area contributed by atoms with E-state index in [0.29, 0.717) is 12.5 Å². The number of fused-ring (bicyclic) bond motifs is 1. The van der Waals surface area contributed by atoms with Gasteiger partial charge < -0.3 is 4.74 Å². The molecule has 0 radical (unpaired) electrons. The molecular weight excluding hydrogens is 292 g/mol. The fourth-order valence-electron chi connectivity index (χ4n) is 3.59. The van der Waals surface area contributed by atoms with E-state index < -0.39 is 0 Å². The van der Waals surface area contributed by atoms with Crippen LogP contribution in [-0.4, -0.2) is 6.61 Å². The molecular formula is C23H28O. The third kappa shape index (κ3) is 4.08. The fourth-order valence-corrected chi connectivity index (χ4v) is 3.59. The lowest BCUT2D eigenvalue weighted by molar-refractivity contribution is 0.361. The van der Waals surface area contributed by atoms with Gasteiger partial charge in [-0.3, -0.25) is 0 Å². The first-order valence-electron chi connectivity index (χ1n) is 9.24. The highest BCUT2D eigenvalue weighted by Gasteiger charge is 2.20. The van der Waals surface area contributed by atoms with Crippen molar-refractivity contribution in [3.63, 3.8) is 0 Å². The molecule has 1 nitrogen and oxygen atoms in total. The Hall–Kier alpha value is -2.02. The summed E-state index contributed by atoms with van der Waals surface area (Å²) in [4.78, 5) is 0. The topological polar surface area (TPSA) is 9.23 Å². The quantitative estimate of drug-likeness (QED) is 0.605. The SMILES string of the molecule is CC=CCOc1ccc2c(c1)CCC(c1ccc(CCC)cc1)C2. The zero-order valence-corrected chi connectivity index (χ0v) is 14.9. The van der Waals surface area contributed by atoms with Gasteiger partial charge in [-0.1, -0.05) is 55.8 Å². The second-order valence-corrected chi connectivity index (χ2v) is 6.74. The van der Waals surface area contributed by atoms with E-state index in [1.165, 1.54) is 41.5 Å². The molecule has 0 saturated carbocycles. The van der Waals surface area contributed by atoms with Crippen LogP contribution in [0.2, 0.25) is 0 Å². The summed E-state index contributed by atoms with van der Waals surface area (Å²) in [6.45, 7) is 4.91. The summed E-state index contributed by atoms with van der Waals surface area (Å²) in [6.07, 6.45) is 10.00. The molecule has 1 unspecified atom stereocenters. The minimum atomic E-state index is 0.655. The van der Waals surface area contributed by atoms with E-state index in [4.69, 9.17) is 4.74 Å². The number of ether oxygens (including phenoxy) is 1. The van der Waals surface area contributed by atoms with E-state index in [1.807, 2.05) is 19.1 Å². The third-order valence-electron chi connectivity index (χ3n) is 4.98. The summed E-state index contributed by atoms with van der Waals surface area (Å²) in [5.41, 5.74) is 5.91. The van der Waals surface area contributed by atoms with Gasteiger partial charge in [0.25, 0.3) is 0 Å². The zero-order valence-electron chi connectivity index (χ0n) is 14.9. The maximum Gasteiger partial charge on any atom is 0.120 e. The highest BCUT2D eigenvalue weighted by molar-refractivity contribution is 5.40. The van der Waals surface area contributed by atoms with Crippen LogP contribution in [-0.2, 0) is 19.3 Å². The fraction of sp³-hybridized carbons (Fsp3) is 0.391. The molecule has 3 rings (SSSR count). The first kappa shape index (κ1) is 16.8. The summed E-state index contributed by atoms with van der Waals surface area (Å²) in [6, 6.07) is 15.9. The van der Waals surface area contributed by atoms with Crippen LogP contribution in [0, 0.1) is 0 Å². The van der Waals surface area contributed by atoms with Crippen LogP contribution < -0.4 is 4.74 Å². The monoisotopic (exact) mass is 320 g/mol. The highest BCUT2D eigenvalue weighted by Crippen LogP contribution is 2.34. The molecule has 0 aliphatic heterocycles. The maximum absolute atomic E-state index is 5.77.